The fourth-order valence-corrected chi connectivity index (χ4v) is 5.23. The zero-order chi connectivity index (χ0) is 21.0. The Labute approximate surface area is 176 Å². The summed E-state index contributed by atoms with van der Waals surface area (Å²) in [6.45, 7) is 3.42. The van der Waals surface area contributed by atoms with Crippen LogP contribution in [0.4, 0.5) is 0 Å². The number of carbonyl (C=O) groups is 2. The van der Waals surface area contributed by atoms with Crippen LogP contribution in [0.25, 0.3) is 0 Å². The lowest BCUT2D eigenvalue weighted by atomic mass is 9.77. The Bertz CT molecular complexity index is 725. The molecule has 0 unspecified atom stereocenters. The zero-order valence-electron chi connectivity index (χ0n) is 16.7. The molecule has 2 aliphatic heterocycles. The first-order valence-electron chi connectivity index (χ1n) is 10.1. The van der Waals surface area contributed by atoms with Crippen LogP contribution in [0.15, 0.2) is 18.2 Å². The van der Waals surface area contributed by atoms with Gasteiger partial charge in [-0.25, -0.2) is 0 Å². The quantitative estimate of drug-likeness (QED) is 0.724. The molecule has 0 spiro atoms. The number of likely N-dealkylation sites (tertiary alicyclic amines) is 2. The number of halogens is 1. The van der Waals surface area contributed by atoms with Crippen LogP contribution in [0, 0.1) is 11.8 Å². The predicted molar refractivity (Wildman–Crippen MR) is 109 cm³/mol. The number of fused-ring (bicyclic) bond motifs is 1. The summed E-state index contributed by atoms with van der Waals surface area (Å²) >= 11 is 6.09. The van der Waals surface area contributed by atoms with E-state index in [1.54, 1.807) is 25.3 Å². The van der Waals surface area contributed by atoms with E-state index in [1.807, 2.05) is 4.90 Å². The fourth-order valence-electron chi connectivity index (χ4n) is 5.06. The lowest BCUT2D eigenvalue weighted by Gasteiger charge is -2.40. The third-order valence-electron chi connectivity index (χ3n) is 6.40. The number of carboxylic acid groups (broad SMARTS) is 1. The second-order valence-corrected chi connectivity index (χ2v) is 8.47. The zero-order valence-corrected chi connectivity index (χ0v) is 17.4. The molecule has 29 heavy (non-hydrogen) atoms. The van der Waals surface area contributed by atoms with Crippen molar-refractivity contribution in [3.8, 4) is 5.75 Å². The summed E-state index contributed by atoms with van der Waals surface area (Å²) in [6.07, 6.45) is 3.97. The summed E-state index contributed by atoms with van der Waals surface area (Å²) in [6, 6.07) is 5.42. The molecule has 2 heterocycles. The van der Waals surface area contributed by atoms with Gasteiger partial charge in [0.2, 0.25) is 0 Å². The van der Waals surface area contributed by atoms with E-state index in [2.05, 4.69) is 4.90 Å². The Kier molecular flexibility index (Phi) is 7.38. The van der Waals surface area contributed by atoms with E-state index < -0.39 is 0 Å². The second-order valence-electron chi connectivity index (χ2n) is 8.03. The number of aliphatic hydroxyl groups is 1. The molecule has 3 fully saturated rings. The summed E-state index contributed by atoms with van der Waals surface area (Å²) in [4.78, 5) is 25.8. The van der Waals surface area contributed by atoms with Crippen molar-refractivity contribution in [2.45, 2.75) is 37.8 Å². The molecule has 2 N–H and O–H groups in total. The van der Waals surface area contributed by atoms with Gasteiger partial charge in [0.15, 0.2) is 0 Å². The molecule has 4 atom stereocenters. The van der Waals surface area contributed by atoms with Crippen molar-refractivity contribution in [3.05, 3.63) is 28.8 Å². The van der Waals surface area contributed by atoms with Crippen LogP contribution in [0.3, 0.4) is 0 Å². The van der Waals surface area contributed by atoms with Crippen LogP contribution in [0.2, 0.25) is 5.02 Å². The number of hydrogen-bond acceptors (Lipinski definition) is 5. The highest BCUT2D eigenvalue weighted by atomic mass is 35.5. The first kappa shape index (κ1) is 21.9. The van der Waals surface area contributed by atoms with Crippen LogP contribution >= 0.6 is 11.6 Å². The summed E-state index contributed by atoms with van der Waals surface area (Å²) in [5.74, 6) is 1.39. The lowest BCUT2D eigenvalue weighted by molar-refractivity contribution is -0.122. The van der Waals surface area contributed by atoms with Crippen molar-refractivity contribution in [2.24, 2.45) is 11.8 Å². The van der Waals surface area contributed by atoms with E-state index in [0.717, 1.165) is 32.5 Å². The number of benzene rings is 1. The lowest BCUT2D eigenvalue weighted by Crippen LogP contribution is -2.48. The largest absolute Gasteiger partial charge is 0.496 e. The number of ether oxygens (including phenoxy) is 1. The van der Waals surface area contributed by atoms with E-state index in [1.165, 1.54) is 12.8 Å². The van der Waals surface area contributed by atoms with E-state index in [0.29, 0.717) is 34.7 Å². The average Bonchev–Trinajstić information content (AvgIpc) is 3.36. The molecular formula is C21H29ClN2O5. The van der Waals surface area contributed by atoms with E-state index in [9.17, 15) is 9.90 Å². The molecule has 2 saturated heterocycles. The van der Waals surface area contributed by atoms with Crippen molar-refractivity contribution in [1.82, 2.24) is 9.80 Å². The predicted octanol–water partition coefficient (Wildman–Crippen LogP) is 2.36. The molecule has 7 nitrogen and oxygen atoms in total. The van der Waals surface area contributed by atoms with Crippen LogP contribution in [0.5, 0.6) is 5.75 Å². The maximum atomic E-state index is 13.1. The highest BCUT2D eigenvalue weighted by molar-refractivity contribution is 6.31. The molecule has 4 rings (SSSR count). The maximum Gasteiger partial charge on any atom is 0.290 e. The minimum atomic E-state index is -0.273. The number of rotatable bonds is 3. The summed E-state index contributed by atoms with van der Waals surface area (Å²) in [5.41, 5.74) is 0.523. The highest BCUT2D eigenvalue weighted by Gasteiger charge is 2.45. The van der Waals surface area contributed by atoms with Crippen molar-refractivity contribution < 1.29 is 24.5 Å². The topological polar surface area (TPSA) is 90.3 Å². The molecule has 0 radical (unpaired) electrons. The van der Waals surface area contributed by atoms with Crippen LogP contribution in [-0.4, -0.2) is 77.8 Å². The minimum Gasteiger partial charge on any atom is -0.496 e. The first-order chi connectivity index (χ1) is 14.0. The third-order valence-corrected chi connectivity index (χ3v) is 6.63. The van der Waals surface area contributed by atoms with Gasteiger partial charge in [-0.2, -0.15) is 0 Å². The SMILES string of the molecule is COc1ccc(Cl)cc1C(=O)N1C[C@H]2C[C@@H](N3CCCC3)[C@H](O)C[C@H]2C1.O=CO. The highest BCUT2D eigenvalue weighted by Crippen LogP contribution is 2.40. The molecule has 160 valence electrons. The van der Waals surface area contributed by atoms with Gasteiger partial charge in [-0.3, -0.25) is 14.5 Å². The van der Waals surface area contributed by atoms with Gasteiger partial charge in [0.05, 0.1) is 18.8 Å². The molecule has 3 aliphatic rings. The Morgan fingerprint density at radius 2 is 1.83 bits per heavy atom. The fraction of sp³-hybridized carbons (Fsp3) is 0.619. The summed E-state index contributed by atoms with van der Waals surface area (Å²) in [7, 11) is 1.57. The number of aliphatic hydroxyl groups excluding tert-OH is 1. The van der Waals surface area contributed by atoms with Gasteiger partial charge < -0.3 is 19.8 Å². The van der Waals surface area contributed by atoms with Gasteiger partial charge in [0, 0.05) is 24.2 Å². The van der Waals surface area contributed by atoms with Crippen molar-refractivity contribution in [2.75, 3.05) is 33.3 Å². The smallest absolute Gasteiger partial charge is 0.290 e. The Morgan fingerprint density at radius 3 is 2.45 bits per heavy atom. The second kappa shape index (κ2) is 9.78. The maximum absolute atomic E-state index is 13.1. The van der Waals surface area contributed by atoms with E-state index in [4.69, 9.17) is 26.2 Å². The van der Waals surface area contributed by atoms with E-state index in [-0.39, 0.29) is 24.5 Å². The molecule has 1 aromatic rings. The first-order valence-corrected chi connectivity index (χ1v) is 10.5. The molecular weight excluding hydrogens is 396 g/mol. The normalized spacial score (nSPS) is 29.0. The van der Waals surface area contributed by atoms with Crippen molar-refractivity contribution in [3.63, 3.8) is 0 Å². The monoisotopic (exact) mass is 424 g/mol. The molecule has 0 aromatic heterocycles. The number of nitrogens with zero attached hydrogens (tertiary/aromatic N) is 2. The average molecular weight is 425 g/mol. The van der Waals surface area contributed by atoms with Gasteiger partial charge >= 0.3 is 0 Å². The van der Waals surface area contributed by atoms with Crippen LogP contribution in [-0.2, 0) is 4.79 Å². The van der Waals surface area contributed by atoms with Gasteiger partial charge in [-0.1, -0.05) is 11.6 Å². The van der Waals surface area contributed by atoms with Gasteiger partial charge in [0.1, 0.15) is 5.75 Å². The van der Waals surface area contributed by atoms with E-state index >= 15 is 0 Å². The number of hydrogen-bond donors (Lipinski definition) is 2. The number of amides is 1. The molecule has 1 aliphatic carbocycles. The standard InChI is InChI=1S/C20H27ClN2O3.CH2O2/c1-26-19-5-4-15(21)10-16(19)20(25)23-11-13-8-17(22-6-2-3-7-22)18(24)9-14(13)12-23;2-1-3/h4-5,10,13-14,17-18,24H,2-3,6-9,11-12H2,1H3;1H,(H,2,3)/t13-,14+,17-,18-;/m1./s1. The summed E-state index contributed by atoms with van der Waals surface area (Å²) in [5, 5.41) is 18.1. The molecule has 1 amide bonds. The number of methoxy groups -OCH3 is 1. The third kappa shape index (κ3) is 4.85. The Morgan fingerprint density at radius 1 is 1.21 bits per heavy atom. The summed E-state index contributed by atoms with van der Waals surface area (Å²) < 4.78 is 5.35. The molecule has 8 heteroatoms. The van der Waals surface area contributed by atoms with Crippen LogP contribution in [0.1, 0.15) is 36.0 Å². The Hall–Kier alpha value is -1.83. The Balaban J connectivity index is 0.000000755. The minimum absolute atomic E-state index is 0.0223. The van der Waals surface area contributed by atoms with Gasteiger partial charge in [0.25, 0.3) is 12.4 Å². The molecule has 0 bridgehead atoms. The van der Waals surface area contributed by atoms with Gasteiger partial charge in [-0.15, -0.1) is 0 Å². The van der Waals surface area contributed by atoms with Crippen molar-refractivity contribution >= 4 is 24.0 Å². The van der Waals surface area contributed by atoms with Gasteiger partial charge in [-0.05, 0) is 68.8 Å². The van der Waals surface area contributed by atoms with Crippen molar-refractivity contribution in [1.29, 1.82) is 0 Å². The molecule has 1 saturated carbocycles. The van der Waals surface area contributed by atoms with Crippen LogP contribution < -0.4 is 4.74 Å². The molecule has 1 aromatic carbocycles. The number of carbonyl (C=O) groups excluding carboxylic acids is 1.